The molecule has 3 nitrogen and oxygen atoms in total. The van der Waals surface area contributed by atoms with Crippen molar-refractivity contribution in [2.75, 3.05) is 6.61 Å². The molecule has 0 aliphatic heterocycles. The monoisotopic (exact) mass is 405 g/mol. The molecule has 13 heavy (non-hydrogen) atoms. The van der Waals surface area contributed by atoms with Crippen molar-refractivity contribution in [3.63, 3.8) is 0 Å². The molecule has 0 fully saturated rings. The van der Waals surface area contributed by atoms with Gasteiger partial charge in [-0.1, -0.05) is 0 Å². The van der Waals surface area contributed by atoms with E-state index in [4.69, 9.17) is 4.74 Å². The number of carbonyl (C=O) groups is 1. The van der Waals surface area contributed by atoms with Crippen LogP contribution in [0.25, 0.3) is 0 Å². The van der Waals surface area contributed by atoms with Crippen LogP contribution in [0.5, 0.6) is 0 Å². The van der Waals surface area contributed by atoms with E-state index in [1.807, 2.05) is 6.92 Å². The minimum absolute atomic E-state index is 0.247. The number of halogens is 2. The van der Waals surface area contributed by atoms with Gasteiger partial charge in [0.25, 0.3) is 0 Å². The van der Waals surface area contributed by atoms with Crippen LogP contribution >= 0.6 is 45.2 Å². The predicted molar refractivity (Wildman–Crippen MR) is 66.9 cm³/mol. The van der Waals surface area contributed by atoms with E-state index in [2.05, 4.69) is 50.2 Å². The standard InChI is InChI=1S/C8H9I2NO2/c1-3-13-8(12)5-4(2)6(9)11-7(5)10/h11H,3H2,1-2H3. The average molecular weight is 405 g/mol. The van der Waals surface area contributed by atoms with Crippen molar-refractivity contribution in [2.45, 2.75) is 13.8 Å². The molecule has 0 amide bonds. The van der Waals surface area contributed by atoms with Crippen LogP contribution in [0.4, 0.5) is 0 Å². The Balaban J connectivity index is 3.06. The largest absolute Gasteiger partial charge is 0.462 e. The van der Waals surface area contributed by atoms with Gasteiger partial charge in [0.05, 0.1) is 19.6 Å². The quantitative estimate of drug-likeness (QED) is 0.608. The van der Waals surface area contributed by atoms with Crippen LogP contribution in [0.3, 0.4) is 0 Å². The molecule has 0 bridgehead atoms. The van der Waals surface area contributed by atoms with E-state index in [9.17, 15) is 4.79 Å². The highest BCUT2D eigenvalue weighted by Gasteiger charge is 2.18. The summed E-state index contributed by atoms with van der Waals surface area (Å²) < 4.78 is 6.77. The topological polar surface area (TPSA) is 42.1 Å². The Morgan fingerprint density at radius 1 is 1.46 bits per heavy atom. The van der Waals surface area contributed by atoms with Crippen LogP contribution < -0.4 is 0 Å². The highest BCUT2D eigenvalue weighted by molar-refractivity contribution is 14.1. The lowest BCUT2D eigenvalue weighted by molar-refractivity contribution is 0.0524. The van der Waals surface area contributed by atoms with Gasteiger partial charge in [-0.25, -0.2) is 4.79 Å². The molecule has 0 spiro atoms. The summed E-state index contributed by atoms with van der Waals surface area (Å²) >= 11 is 4.26. The second-order valence-electron chi connectivity index (χ2n) is 2.47. The van der Waals surface area contributed by atoms with Gasteiger partial charge in [0.1, 0.15) is 0 Å². The normalized spacial score (nSPS) is 10.2. The summed E-state index contributed by atoms with van der Waals surface area (Å²) in [6.07, 6.45) is 0. The minimum Gasteiger partial charge on any atom is -0.462 e. The van der Waals surface area contributed by atoms with E-state index in [1.54, 1.807) is 6.92 Å². The van der Waals surface area contributed by atoms with Crippen LogP contribution in [0, 0.1) is 14.3 Å². The lowest BCUT2D eigenvalue weighted by Crippen LogP contribution is -2.06. The number of ether oxygens (including phenoxy) is 1. The van der Waals surface area contributed by atoms with Crippen LogP contribution in [-0.4, -0.2) is 17.6 Å². The van der Waals surface area contributed by atoms with Gasteiger partial charge in [0.2, 0.25) is 0 Å². The predicted octanol–water partition coefficient (Wildman–Crippen LogP) is 2.71. The van der Waals surface area contributed by atoms with E-state index in [0.717, 1.165) is 13.0 Å². The molecule has 0 aromatic carbocycles. The van der Waals surface area contributed by atoms with Crippen LogP contribution in [0.1, 0.15) is 22.8 Å². The third kappa shape index (κ3) is 2.36. The van der Waals surface area contributed by atoms with E-state index in [1.165, 1.54) is 0 Å². The van der Waals surface area contributed by atoms with E-state index < -0.39 is 0 Å². The summed E-state index contributed by atoms with van der Waals surface area (Å²) in [5.74, 6) is -0.247. The molecule has 1 aromatic heterocycles. The molecule has 0 saturated heterocycles. The molecule has 0 atom stereocenters. The van der Waals surface area contributed by atoms with Crippen molar-refractivity contribution in [3.8, 4) is 0 Å². The smallest absolute Gasteiger partial charge is 0.341 e. The summed E-state index contributed by atoms with van der Waals surface area (Å²) in [7, 11) is 0. The lowest BCUT2D eigenvalue weighted by atomic mass is 10.2. The molecule has 0 saturated carbocycles. The van der Waals surface area contributed by atoms with Gasteiger partial charge in [-0.15, -0.1) is 0 Å². The number of hydrogen-bond donors (Lipinski definition) is 1. The average Bonchev–Trinajstić information content (AvgIpc) is 2.27. The number of aromatic nitrogens is 1. The van der Waals surface area contributed by atoms with Crippen molar-refractivity contribution in [3.05, 3.63) is 18.5 Å². The summed E-state index contributed by atoms with van der Waals surface area (Å²) in [5.41, 5.74) is 1.62. The molecule has 1 rings (SSSR count). The summed E-state index contributed by atoms with van der Waals surface area (Å²) in [6.45, 7) is 4.13. The SMILES string of the molecule is CCOC(=O)c1c(I)[nH]c(I)c1C. The fourth-order valence-corrected chi connectivity index (χ4v) is 2.92. The van der Waals surface area contributed by atoms with Crippen molar-refractivity contribution in [1.82, 2.24) is 4.98 Å². The summed E-state index contributed by atoms with van der Waals surface area (Å²) in [5, 5.41) is 0. The number of nitrogens with one attached hydrogen (secondary N) is 1. The van der Waals surface area contributed by atoms with E-state index >= 15 is 0 Å². The Morgan fingerprint density at radius 2 is 2.08 bits per heavy atom. The highest BCUT2D eigenvalue weighted by atomic mass is 127. The molecular weight excluding hydrogens is 396 g/mol. The van der Waals surface area contributed by atoms with Crippen molar-refractivity contribution in [1.29, 1.82) is 0 Å². The first-order valence-corrected chi connectivity index (χ1v) is 5.94. The van der Waals surface area contributed by atoms with Gasteiger partial charge >= 0.3 is 5.97 Å². The number of esters is 1. The maximum Gasteiger partial charge on any atom is 0.341 e. The zero-order chi connectivity index (χ0) is 10.0. The molecular formula is C8H9I2NO2. The number of aromatic amines is 1. The molecule has 0 unspecified atom stereocenters. The molecule has 0 radical (unpaired) electrons. The van der Waals surface area contributed by atoms with Gasteiger partial charge < -0.3 is 9.72 Å². The van der Waals surface area contributed by atoms with Gasteiger partial charge in [-0.2, -0.15) is 0 Å². The third-order valence-electron chi connectivity index (χ3n) is 1.62. The first-order chi connectivity index (χ1) is 6.07. The number of carbonyl (C=O) groups excluding carboxylic acids is 1. The lowest BCUT2D eigenvalue weighted by Gasteiger charge is -2.00. The molecule has 5 heteroatoms. The first-order valence-electron chi connectivity index (χ1n) is 3.78. The molecule has 0 aliphatic carbocycles. The minimum atomic E-state index is -0.247. The Bertz CT molecular complexity index is 333. The summed E-state index contributed by atoms with van der Waals surface area (Å²) in [4.78, 5) is 14.5. The zero-order valence-corrected chi connectivity index (χ0v) is 11.6. The maximum atomic E-state index is 11.4. The molecule has 72 valence electrons. The number of rotatable bonds is 2. The first kappa shape index (κ1) is 11.3. The summed E-state index contributed by atoms with van der Waals surface area (Å²) in [6, 6.07) is 0. The van der Waals surface area contributed by atoms with Gasteiger partial charge in [-0.3, -0.25) is 0 Å². The van der Waals surface area contributed by atoms with Gasteiger partial charge in [0.15, 0.2) is 0 Å². The number of H-pyrrole nitrogens is 1. The van der Waals surface area contributed by atoms with Crippen molar-refractivity contribution >= 4 is 51.2 Å². The van der Waals surface area contributed by atoms with Crippen LogP contribution in [0.2, 0.25) is 0 Å². The number of hydrogen-bond acceptors (Lipinski definition) is 2. The van der Waals surface area contributed by atoms with Crippen molar-refractivity contribution < 1.29 is 9.53 Å². The Kier molecular flexibility index (Phi) is 4.02. The molecule has 0 aliphatic rings. The second-order valence-corrected chi connectivity index (χ2v) is 4.63. The molecule has 1 heterocycles. The van der Waals surface area contributed by atoms with E-state index in [0.29, 0.717) is 12.2 Å². The fraction of sp³-hybridized carbons (Fsp3) is 0.375. The molecule has 1 N–H and O–H groups in total. The highest BCUT2D eigenvalue weighted by Crippen LogP contribution is 2.22. The van der Waals surface area contributed by atoms with Crippen LogP contribution in [0.15, 0.2) is 0 Å². The third-order valence-corrected chi connectivity index (χ3v) is 3.51. The van der Waals surface area contributed by atoms with Gasteiger partial charge in [-0.05, 0) is 64.6 Å². The molecule has 1 aromatic rings. The van der Waals surface area contributed by atoms with Gasteiger partial charge in [0, 0.05) is 0 Å². The second kappa shape index (κ2) is 4.63. The van der Waals surface area contributed by atoms with E-state index in [-0.39, 0.29) is 5.97 Å². The fourth-order valence-electron chi connectivity index (χ4n) is 0.973. The Morgan fingerprint density at radius 3 is 2.46 bits per heavy atom. The maximum absolute atomic E-state index is 11.4. The van der Waals surface area contributed by atoms with Crippen molar-refractivity contribution in [2.24, 2.45) is 0 Å². The Labute approximate surface area is 104 Å². The van der Waals surface area contributed by atoms with Crippen LogP contribution in [-0.2, 0) is 4.74 Å². The zero-order valence-electron chi connectivity index (χ0n) is 7.28. The Hall–Kier alpha value is 0.210.